The lowest BCUT2D eigenvalue weighted by Gasteiger charge is -2.24. The Morgan fingerprint density at radius 2 is 1.14 bits per heavy atom. The highest BCUT2D eigenvalue weighted by Crippen LogP contribution is 2.39. The Bertz CT molecular complexity index is 2740. The second-order valence-corrected chi connectivity index (χ2v) is 24.3. The van der Waals surface area contributed by atoms with Gasteiger partial charge in [0.25, 0.3) is 5.69 Å². The predicted octanol–water partition coefficient (Wildman–Crippen LogP) is 11.0. The van der Waals surface area contributed by atoms with E-state index < -0.39 is 64.0 Å². The number of nitro groups is 1. The van der Waals surface area contributed by atoms with Gasteiger partial charge in [-0.1, -0.05) is 141 Å². The molecule has 4 aromatic carbocycles. The van der Waals surface area contributed by atoms with Crippen molar-refractivity contribution in [3.63, 3.8) is 0 Å². The number of aromatic hydroxyl groups is 2. The van der Waals surface area contributed by atoms with Crippen molar-refractivity contribution < 1.29 is 107 Å². The summed E-state index contributed by atoms with van der Waals surface area (Å²) in [4.78, 5) is 111. The van der Waals surface area contributed by atoms with E-state index in [-0.39, 0.29) is 60.0 Å². The molecule has 0 saturated heterocycles. The van der Waals surface area contributed by atoms with Crippen molar-refractivity contribution >= 4 is 64.5 Å². The largest absolute Gasteiger partial charge is 0.507 e. The third-order valence-electron chi connectivity index (χ3n) is 11.8. The van der Waals surface area contributed by atoms with Gasteiger partial charge in [0, 0.05) is 55.0 Å². The number of ether oxygens (including phenoxy) is 1. The number of aliphatic imine (C=N–C) groups is 1. The van der Waals surface area contributed by atoms with Crippen molar-refractivity contribution in [2.45, 2.75) is 160 Å². The number of hydrogen-bond donors (Lipinski definition) is 14. The Labute approximate surface area is 495 Å². The second kappa shape index (κ2) is 44.1. The maximum atomic E-state index is 10.7. The molecule has 0 heterocycles. The van der Waals surface area contributed by atoms with Crippen LogP contribution < -0.4 is 10.5 Å². The van der Waals surface area contributed by atoms with Crippen LogP contribution in [-0.2, 0) is 39.7 Å². The van der Waals surface area contributed by atoms with Gasteiger partial charge in [-0.05, 0) is 72.2 Å². The van der Waals surface area contributed by atoms with E-state index in [1.54, 1.807) is 25.3 Å². The maximum Gasteiger partial charge on any atom is 0.466 e. The van der Waals surface area contributed by atoms with E-state index in [0.29, 0.717) is 29.7 Å². The van der Waals surface area contributed by atoms with E-state index in [0.717, 1.165) is 24.2 Å². The van der Waals surface area contributed by atoms with Crippen molar-refractivity contribution in [3.05, 3.63) is 123 Å². The number of hydrogen-bond acceptors (Lipinski definition) is 14. The number of non-ortho nitro benzene ring substituents is 1. The number of para-hydroxylation sites is 1. The monoisotopic (exact) mass is 1260 g/mol. The minimum Gasteiger partial charge on any atom is -0.507 e. The number of nitro benzene ring substituents is 1. The van der Waals surface area contributed by atoms with Gasteiger partial charge < -0.3 is 75.4 Å². The van der Waals surface area contributed by atoms with Crippen LogP contribution in [0.2, 0.25) is 0 Å². The molecule has 0 bridgehead atoms. The highest BCUT2D eigenvalue weighted by Gasteiger charge is 2.22. The Kier molecular flexibility index (Phi) is 41.9. The quantitative estimate of drug-likeness (QED) is 0.00731. The molecule has 0 fully saturated rings. The van der Waals surface area contributed by atoms with Gasteiger partial charge in [-0.15, -0.1) is 0 Å². The van der Waals surface area contributed by atoms with E-state index in [4.69, 9.17) is 69.7 Å². The molecular formula is C56H86N3O23P3. The summed E-state index contributed by atoms with van der Waals surface area (Å²) in [6.45, 7) is 6.36. The molecule has 85 heavy (non-hydrogen) atoms. The van der Waals surface area contributed by atoms with Gasteiger partial charge in [0.05, 0.1) is 30.3 Å². The number of phenols is 2. The van der Waals surface area contributed by atoms with Gasteiger partial charge >= 0.3 is 46.9 Å². The van der Waals surface area contributed by atoms with Crippen LogP contribution in [0.3, 0.4) is 0 Å². The number of rotatable bonds is 31. The standard InChI is InChI=1S/C16H35O3P.C14H11NO4.C13H18O3.C7H8NO5P.C6H11NO4.H3O4P/c1-2-3-4-5-6-7-8-9-10-11-12-13-14-15-16-20(17,18)19;16-12-4-2-1-3-9(12)8-15-10-5-6-11(14(18)19)13(17)7-10;1-13(2,9-8-12(14)15)10-4-6-11(16-3)7-5-10;9-8(10)7-3-1-6(2-4-7)5-14(11,12)13;7-4(3-6(10)11)1-2-5(8)9;1-5(2,3)4/h2-16H2,1H3,(H2,17,18,19);1-8,16-17H,(H,18,19);4-7H,8-9H2,1-3H3,(H,14,15);1-4H,5H2,(H2,11,12,13);4H,1-3,7H2,(H,8,9)(H,10,11);(H3,1,2,3,4). The molecule has 4 aromatic rings. The molecule has 1 unspecified atom stereocenters. The first-order chi connectivity index (χ1) is 39.5. The Hall–Kier alpha value is -6.40. The normalized spacial score (nSPS) is 11.5. The number of phosphoric acid groups is 1. The predicted molar refractivity (Wildman–Crippen MR) is 321 cm³/mol. The summed E-state index contributed by atoms with van der Waals surface area (Å²) in [6.07, 6.45) is 19.5. The van der Waals surface area contributed by atoms with Crippen molar-refractivity contribution in [1.82, 2.24) is 0 Å². The first kappa shape index (κ1) is 80.7. The van der Waals surface area contributed by atoms with Crippen LogP contribution >= 0.6 is 23.0 Å². The van der Waals surface area contributed by atoms with E-state index >= 15 is 0 Å². The number of phenolic OH excluding ortho intramolecular Hbond substituents is 1. The summed E-state index contributed by atoms with van der Waals surface area (Å²) in [5, 5.41) is 63.2. The lowest BCUT2D eigenvalue weighted by atomic mass is 9.80. The number of benzene rings is 4. The fourth-order valence-electron chi connectivity index (χ4n) is 7.24. The average molecular weight is 1260 g/mol. The molecule has 0 saturated carbocycles. The zero-order valence-electron chi connectivity index (χ0n) is 48.4. The second-order valence-electron chi connectivity index (χ2n) is 19.9. The molecule has 0 aliphatic heterocycles. The lowest BCUT2D eigenvalue weighted by Crippen LogP contribution is -2.24. The molecule has 29 heteroatoms. The van der Waals surface area contributed by atoms with Gasteiger partial charge in [-0.2, -0.15) is 0 Å². The highest BCUT2D eigenvalue weighted by atomic mass is 31.2. The van der Waals surface area contributed by atoms with Gasteiger partial charge in [-0.3, -0.25) is 38.6 Å². The summed E-state index contributed by atoms with van der Waals surface area (Å²) in [5.41, 5.74) is 7.32. The van der Waals surface area contributed by atoms with Gasteiger partial charge in [0.1, 0.15) is 22.8 Å². The lowest BCUT2D eigenvalue weighted by molar-refractivity contribution is -0.384. The Morgan fingerprint density at radius 3 is 1.54 bits per heavy atom. The molecule has 26 nitrogen and oxygen atoms in total. The molecular weight excluding hydrogens is 1180 g/mol. The maximum absolute atomic E-state index is 10.7. The van der Waals surface area contributed by atoms with Crippen LogP contribution in [0, 0.1) is 10.1 Å². The topological polar surface area (TPSA) is 473 Å². The third kappa shape index (κ3) is 48.5. The van der Waals surface area contributed by atoms with E-state index in [1.807, 2.05) is 24.3 Å². The fraction of sp³-hybridized carbons (Fsp3) is 0.482. The molecule has 0 amide bonds. The van der Waals surface area contributed by atoms with Crippen molar-refractivity contribution in [2.75, 3.05) is 13.3 Å². The first-order valence-corrected chi connectivity index (χ1v) is 32.2. The van der Waals surface area contributed by atoms with Crippen LogP contribution in [0.4, 0.5) is 11.4 Å². The molecule has 0 aliphatic rings. The van der Waals surface area contributed by atoms with Crippen molar-refractivity contribution in [3.8, 4) is 17.2 Å². The minimum atomic E-state index is -4.64. The van der Waals surface area contributed by atoms with Crippen molar-refractivity contribution in [1.29, 1.82) is 0 Å². The van der Waals surface area contributed by atoms with E-state index in [9.17, 15) is 48.6 Å². The summed E-state index contributed by atoms with van der Waals surface area (Å²) in [5.74, 6) is -3.33. The van der Waals surface area contributed by atoms with Gasteiger partial charge in [-0.25, -0.2) is 9.36 Å². The van der Waals surface area contributed by atoms with Crippen LogP contribution in [0.1, 0.15) is 170 Å². The number of nitrogens with zero attached hydrogens (tertiary/aromatic N) is 2. The number of unbranched alkanes of at least 4 members (excludes halogenated alkanes) is 13. The SMILES string of the molecule is CCCCCCCCCCCCCCCCP(=O)(O)O.COc1ccc(C(C)(C)CCC(=O)O)cc1.NC(CCC(=O)O)CC(=O)O.O=C(O)c1ccc(N=Cc2ccccc2O)cc1O.O=P(O)(O)O.O=[N+]([O-])c1ccc(CP(=O)(O)O)cc1. The molecule has 0 spiro atoms. The van der Waals surface area contributed by atoms with Gasteiger partial charge in [0.15, 0.2) is 0 Å². The first-order valence-electron chi connectivity index (χ1n) is 27.0. The summed E-state index contributed by atoms with van der Waals surface area (Å²) in [7, 11) is -10.9. The smallest absolute Gasteiger partial charge is 0.466 e. The molecule has 4 rings (SSSR count). The molecule has 478 valence electrons. The molecule has 0 aliphatic carbocycles. The molecule has 0 aromatic heterocycles. The Morgan fingerprint density at radius 1 is 0.659 bits per heavy atom. The number of methoxy groups -OCH3 is 1. The summed E-state index contributed by atoms with van der Waals surface area (Å²) >= 11 is 0. The minimum absolute atomic E-state index is 0.0605. The molecule has 15 N–H and O–H groups in total. The zero-order valence-corrected chi connectivity index (χ0v) is 51.1. The van der Waals surface area contributed by atoms with Crippen LogP contribution in [-0.4, -0.2) is 119 Å². The number of aliphatic carboxylic acids is 3. The average Bonchev–Trinajstić information content (AvgIpc) is 3.60. The summed E-state index contributed by atoms with van der Waals surface area (Å²) in [6, 6.07) is 23.0. The third-order valence-corrected chi connectivity index (χ3v) is 13.5. The van der Waals surface area contributed by atoms with Gasteiger partial charge in [0.2, 0.25) is 0 Å². The number of carbonyl (C=O) groups is 4. The number of carboxylic acids is 4. The van der Waals surface area contributed by atoms with Crippen molar-refractivity contribution in [2.24, 2.45) is 10.7 Å². The number of aromatic carboxylic acids is 1. The van der Waals surface area contributed by atoms with E-state index in [1.165, 1.54) is 125 Å². The molecule has 0 radical (unpaired) electrons. The Balaban J connectivity index is 0. The van der Waals surface area contributed by atoms with Crippen LogP contribution in [0.5, 0.6) is 17.2 Å². The summed E-state index contributed by atoms with van der Waals surface area (Å²) < 4.78 is 35.2. The number of carboxylic acid groups (broad SMARTS) is 4. The molecule has 1 atom stereocenters. The zero-order chi connectivity index (χ0) is 65.2. The highest BCUT2D eigenvalue weighted by molar-refractivity contribution is 7.51. The van der Waals surface area contributed by atoms with E-state index in [2.05, 4.69) is 25.8 Å². The van der Waals surface area contributed by atoms with Crippen LogP contribution in [0.15, 0.2) is 96.0 Å². The number of nitrogens with two attached hydrogens (primary N) is 1. The van der Waals surface area contributed by atoms with Crippen LogP contribution in [0.25, 0.3) is 0 Å². The fourth-order valence-corrected chi connectivity index (χ4v) is 8.56.